The Balaban J connectivity index is 2.12. The molecule has 1 heterocycles. The third-order valence-electron chi connectivity index (χ3n) is 2.45. The molecule has 0 aromatic heterocycles. The topological polar surface area (TPSA) is 35.5 Å². The summed E-state index contributed by atoms with van der Waals surface area (Å²) in [6.45, 7) is 3.14. The molecule has 0 saturated carbocycles. The van der Waals surface area contributed by atoms with Crippen molar-refractivity contribution in [3.8, 4) is 0 Å². The van der Waals surface area contributed by atoms with Gasteiger partial charge in [0, 0.05) is 17.5 Å². The molecule has 15 heavy (non-hydrogen) atoms. The van der Waals surface area contributed by atoms with Crippen LogP contribution in [0.4, 0.5) is 0 Å². The molecule has 0 atom stereocenters. The summed E-state index contributed by atoms with van der Waals surface area (Å²) in [5.74, 6) is 0.162. The van der Waals surface area contributed by atoms with Crippen LogP contribution in [0.25, 0.3) is 0 Å². The first-order valence-electron chi connectivity index (χ1n) is 5.17. The number of hydrogen-bond donors (Lipinski definition) is 0. The van der Waals surface area contributed by atoms with E-state index in [2.05, 4.69) is 0 Å². The molecule has 3 nitrogen and oxygen atoms in total. The summed E-state index contributed by atoms with van der Waals surface area (Å²) in [4.78, 5) is 11.4. The second-order valence-corrected chi connectivity index (χ2v) is 3.47. The molecule has 0 N–H and O–H groups in total. The molecule has 0 aliphatic carbocycles. The quantitative estimate of drug-likeness (QED) is 0.712. The molecule has 0 radical (unpaired) electrons. The summed E-state index contributed by atoms with van der Waals surface area (Å²) in [6, 6.07) is 7.43. The zero-order chi connectivity index (χ0) is 10.7. The average molecular weight is 206 g/mol. The largest absolute Gasteiger partial charge is 0.346 e. The van der Waals surface area contributed by atoms with Crippen molar-refractivity contribution in [1.29, 1.82) is 0 Å². The van der Waals surface area contributed by atoms with E-state index in [1.807, 2.05) is 31.2 Å². The number of carbonyl (C=O) groups excluding carboxylic acids is 1. The van der Waals surface area contributed by atoms with Gasteiger partial charge in [0.05, 0.1) is 13.2 Å². The van der Waals surface area contributed by atoms with Crippen molar-refractivity contribution in [3.05, 3.63) is 35.4 Å². The highest BCUT2D eigenvalue weighted by molar-refractivity contribution is 5.95. The molecule has 0 spiro atoms. The summed E-state index contributed by atoms with van der Waals surface area (Å²) < 4.78 is 10.7. The Bertz CT molecular complexity index is 336. The number of ether oxygens (including phenoxy) is 2. The van der Waals surface area contributed by atoms with E-state index in [9.17, 15) is 4.79 Å². The van der Waals surface area contributed by atoms with Gasteiger partial charge in [0.2, 0.25) is 0 Å². The molecule has 0 bridgehead atoms. The van der Waals surface area contributed by atoms with E-state index in [-0.39, 0.29) is 12.1 Å². The standard InChI is InChI=1S/C12H14O3/c1-2-11(13)9-3-5-10(6-4-9)12-14-7-8-15-12/h3-6,12H,2,7-8H2,1H3. The maximum Gasteiger partial charge on any atom is 0.184 e. The van der Waals surface area contributed by atoms with Gasteiger partial charge in [-0.2, -0.15) is 0 Å². The summed E-state index contributed by atoms with van der Waals surface area (Å²) in [5, 5.41) is 0. The number of carbonyl (C=O) groups is 1. The van der Waals surface area contributed by atoms with Crippen LogP contribution in [0.3, 0.4) is 0 Å². The molecule has 1 aromatic rings. The first kappa shape index (κ1) is 10.3. The van der Waals surface area contributed by atoms with Gasteiger partial charge in [-0.05, 0) is 0 Å². The predicted molar refractivity (Wildman–Crippen MR) is 55.7 cm³/mol. The molecule has 1 aliphatic rings. The zero-order valence-corrected chi connectivity index (χ0v) is 8.73. The molecular weight excluding hydrogens is 192 g/mol. The van der Waals surface area contributed by atoms with Gasteiger partial charge in [0.15, 0.2) is 12.1 Å². The fourth-order valence-electron chi connectivity index (χ4n) is 1.58. The molecule has 1 fully saturated rings. The minimum Gasteiger partial charge on any atom is -0.346 e. The van der Waals surface area contributed by atoms with Crippen molar-refractivity contribution in [2.24, 2.45) is 0 Å². The smallest absolute Gasteiger partial charge is 0.184 e. The van der Waals surface area contributed by atoms with Crippen LogP contribution in [0.5, 0.6) is 0 Å². The lowest BCUT2D eigenvalue weighted by Gasteiger charge is -2.09. The summed E-state index contributed by atoms with van der Waals surface area (Å²) in [7, 11) is 0. The molecule has 2 rings (SSSR count). The molecule has 1 aromatic carbocycles. The minimum absolute atomic E-state index is 0.162. The van der Waals surface area contributed by atoms with Crippen LogP contribution in [0.15, 0.2) is 24.3 Å². The fraction of sp³-hybridized carbons (Fsp3) is 0.417. The first-order valence-corrected chi connectivity index (χ1v) is 5.17. The van der Waals surface area contributed by atoms with Crippen LogP contribution in [-0.2, 0) is 9.47 Å². The second kappa shape index (κ2) is 4.55. The number of benzene rings is 1. The number of Topliss-reactive ketones (excluding diaryl/α,β-unsaturated/α-hetero) is 1. The van der Waals surface area contributed by atoms with Gasteiger partial charge in [-0.1, -0.05) is 31.2 Å². The maximum atomic E-state index is 11.4. The Hall–Kier alpha value is -1.19. The molecule has 3 heteroatoms. The van der Waals surface area contributed by atoms with E-state index < -0.39 is 0 Å². The van der Waals surface area contributed by atoms with Crippen LogP contribution in [0, 0.1) is 0 Å². The van der Waals surface area contributed by atoms with Crippen molar-refractivity contribution >= 4 is 5.78 Å². The zero-order valence-electron chi connectivity index (χ0n) is 8.73. The van der Waals surface area contributed by atoms with Crippen molar-refractivity contribution in [3.63, 3.8) is 0 Å². The van der Waals surface area contributed by atoms with Gasteiger partial charge in [-0.25, -0.2) is 0 Å². The summed E-state index contributed by atoms with van der Waals surface area (Å²) in [6.07, 6.45) is 0.284. The van der Waals surface area contributed by atoms with E-state index in [1.54, 1.807) is 0 Å². The highest BCUT2D eigenvalue weighted by atomic mass is 16.7. The highest BCUT2D eigenvalue weighted by Crippen LogP contribution is 2.23. The Morgan fingerprint density at radius 3 is 2.40 bits per heavy atom. The Kier molecular flexibility index (Phi) is 3.14. The van der Waals surface area contributed by atoms with Crippen LogP contribution in [0.1, 0.15) is 35.6 Å². The summed E-state index contributed by atoms with van der Waals surface area (Å²) in [5.41, 5.74) is 1.72. The molecule has 0 unspecified atom stereocenters. The Labute approximate surface area is 89.0 Å². The average Bonchev–Trinajstić information content (AvgIpc) is 2.82. The van der Waals surface area contributed by atoms with E-state index >= 15 is 0 Å². The van der Waals surface area contributed by atoms with Crippen LogP contribution in [-0.4, -0.2) is 19.0 Å². The SMILES string of the molecule is CCC(=O)c1ccc(C2OCCO2)cc1. The van der Waals surface area contributed by atoms with Crippen LogP contribution >= 0.6 is 0 Å². The van der Waals surface area contributed by atoms with Gasteiger partial charge in [-0.3, -0.25) is 4.79 Å². The summed E-state index contributed by atoms with van der Waals surface area (Å²) >= 11 is 0. The van der Waals surface area contributed by atoms with Gasteiger partial charge < -0.3 is 9.47 Å². The van der Waals surface area contributed by atoms with E-state index in [4.69, 9.17) is 9.47 Å². The number of ketones is 1. The number of rotatable bonds is 3. The lowest BCUT2D eigenvalue weighted by Crippen LogP contribution is -2.00. The fourth-order valence-corrected chi connectivity index (χ4v) is 1.58. The van der Waals surface area contributed by atoms with Gasteiger partial charge in [0.25, 0.3) is 0 Å². The molecular formula is C12H14O3. The predicted octanol–water partition coefficient (Wildman–Crippen LogP) is 2.32. The van der Waals surface area contributed by atoms with E-state index in [1.165, 1.54) is 0 Å². The molecule has 80 valence electrons. The van der Waals surface area contributed by atoms with Gasteiger partial charge in [0.1, 0.15) is 0 Å². The third kappa shape index (κ3) is 2.25. The second-order valence-electron chi connectivity index (χ2n) is 3.47. The van der Waals surface area contributed by atoms with Gasteiger partial charge >= 0.3 is 0 Å². The number of hydrogen-bond acceptors (Lipinski definition) is 3. The highest BCUT2D eigenvalue weighted by Gasteiger charge is 2.18. The molecule has 1 saturated heterocycles. The maximum absolute atomic E-state index is 11.4. The normalized spacial score (nSPS) is 16.9. The lowest BCUT2D eigenvalue weighted by atomic mass is 10.1. The van der Waals surface area contributed by atoms with E-state index in [0.717, 1.165) is 11.1 Å². The monoisotopic (exact) mass is 206 g/mol. The molecule has 1 aliphatic heterocycles. The van der Waals surface area contributed by atoms with Crippen molar-refractivity contribution in [2.75, 3.05) is 13.2 Å². The van der Waals surface area contributed by atoms with Crippen LogP contribution in [0.2, 0.25) is 0 Å². The lowest BCUT2D eigenvalue weighted by molar-refractivity contribution is -0.0441. The minimum atomic E-state index is -0.254. The van der Waals surface area contributed by atoms with Crippen molar-refractivity contribution in [2.45, 2.75) is 19.6 Å². The van der Waals surface area contributed by atoms with E-state index in [0.29, 0.717) is 19.6 Å². The molecule has 0 amide bonds. The third-order valence-corrected chi connectivity index (χ3v) is 2.45. The first-order chi connectivity index (χ1) is 7.31. The van der Waals surface area contributed by atoms with Crippen LogP contribution < -0.4 is 0 Å². The van der Waals surface area contributed by atoms with Gasteiger partial charge in [-0.15, -0.1) is 0 Å². The Morgan fingerprint density at radius 2 is 1.87 bits per heavy atom. The Morgan fingerprint density at radius 1 is 1.27 bits per heavy atom. The van der Waals surface area contributed by atoms with Crippen molar-refractivity contribution in [1.82, 2.24) is 0 Å². The van der Waals surface area contributed by atoms with Crippen molar-refractivity contribution < 1.29 is 14.3 Å².